The first-order valence-corrected chi connectivity index (χ1v) is 8.04. The molecule has 1 aliphatic carbocycles. The first-order chi connectivity index (χ1) is 7.83. The van der Waals surface area contributed by atoms with E-state index in [1.165, 1.54) is 0 Å². The van der Waals surface area contributed by atoms with E-state index in [2.05, 4.69) is 0 Å². The molecule has 0 spiro atoms. The predicted octanol–water partition coefficient (Wildman–Crippen LogP) is 1.29. The highest BCUT2D eigenvalue weighted by atomic mass is 32.2. The quantitative estimate of drug-likeness (QED) is 0.809. The van der Waals surface area contributed by atoms with E-state index in [1.54, 1.807) is 13.8 Å². The molecule has 5 heteroatoms. The fourth-order valence-electron chi connectivity index (χ4n) is 2.20. The monoisotopic (exact) mass is 261 g/mol. The van der Waals surface area contributed by atoms with E-state index in [0.717, 1.165) is 25.7 Å². The molecule has 17 heavy (non-hydrogen) atoms. The third kappa shape index (κ3) is 4.39. The summed E-state index contributed by atoms with van der Waals surface area (Å²) in [6.45, 7) is 3.30. The van der Waals surface area contributed by atoms with Gasteiger partial charge in [-0.2, -0.15) is 0 Å². The Morgan fingerprint density at radius 2 is 2.00 bits per heavy atom. The van der Waals surface area contributed by atoms with Crippen LogP contribution in [0, 0.1) is 5.92 Å². The molecule has 0 heterocycles. The normalized spacial score (nSPS) is 26.1. The van der Waals surface area contributed by atoms with Crippen LogP contribution < -0.4 is 5.73 Å². The average molecular weight is 261 g/mol. The fourth-order valence-corrected chi connectivity index (χ4v) is 3.16. The van der Waals surface area contributed by atoms with Gasteiger partial charge < -0.3 is 5.73 Å². The molecule has 0 radical (unpaired) electrons. The summed E-state index contributed by atoms with van der Waals surface area (Å²) in [5.41, 5.74) is 5.82. The van der Waals surface area contributed by atoms with E-state index < -0.39 is 15.1 Å². The van der Waals surface area contributed by atoms with E-state index in [1.807, 2.05) is 0 Å². The van der Waals surface area contributed by atoms with Crippen molar-refractivity contribution in [3.63, 3.8) is 0 Å². The van der Waals surface area contributed by atoms with Crippen molar-refractivity contribution >= 4 is 15.6 Å². The van der Waals surface area contributed by atoms with Crippen LogP contribution in [0.15, 0.2) is 0 Å². The van der Waals surface area contributed by atoms with Gasteiger partial charge in [-0.1, -0.05) is 6.42 Å². The number of nitrogens with two attached hydrogens (primary N) is 1. The van der Waals surface area contributed by atoms with Gasteiger partial charge in [-0.25, -0.2) is 8.42 Å². The van der Waals surface area contributed by atoms with Crippen molar-refractivity contribution in [2.24, 2.45) is 11.7 Å². The van der Waals surface area contributed by atoms with Crippen molar-refractivity contribution in [1.29, 1.82) is 0 Å². The number of carbonyl (C=O) groups is 1. The molecule has 0 aromatic rings. The van der Waals surface area contributed by atoms with Gasteiger partial charge in [0.2, 0.25) is 0 Å². The highest BCUT2D eigenvalue weighted by Gasteiger charge is 2.26. The molecule has 0 aromatic carbocycles. The number of hydrogen-bond acceptors (Lipinski definition) is 4. The maximum atomic E-state index is 11.9. The van der Waals surface area contributed by atoms with Crippen molar-refractivity contribution in [3.05, 3.63) is 0 Å². The van der Waals surface area contributed by atoms with E-state index in [9.17, 15) is 13.2 Å². The molecule has 2 N–H and O–H groups in total. The van der Waals surface area contributed by atoms with Crippen LogP contribution in [0.1, 0.15) is 46.0 Å². The van der Waals surface area contributed by atoms with Gasteiger partial charge in [0, 0.05) is 18.4 Å². The zero-order chi connectivity index (χ0) is 13.1. The molecule has 0 amide bonds. The van der Waals surface area contributed by atoms with Gasteiger partial charge >= 0.3 is 0 Å². The molecule has 4 nitrogen and oxygen atoms in total. The van der Waals surface area contributed by atoms with Crippen molar-refractivity contribution in [2.45, 2.75) is 57.2 Å². The second-order valence-electron chi connectivity index (χ2n) is 5.26. The van der Waals surface area contributed by atoms with Gasteiger partial charge in [-0.3, -0.25) is 4.79 Å². The molecular formula is C12H23NO3S. The Morgan fingerprint density at radius 3 is 2.53 bits per heavy atom. The average Bonchev–Trinajstić information content (AvgIpc) is 2.25. The van der Waals surface area contributed by atoms with Crippen LogP contribution in [0.25, 0.3) is 0 Å². The Morgan fingerprint density at radius 1 is 1.35 bits per heavy atom. The van der Waals surface area contributed by atoms with Crippen LogP contribution in [-0.2, 0) is 14.6 Å². The first-order valence-electron chi connectivity index (χ1n) is 6.33. The standard InChI is InChI=1S/C12H23NO3S/c1-9(2)17(15,16)7-6-12(14)10-4-3-5-11(13)8-10/h9-11H,3-8,13H2,1-2H3. The van der Waals surface area contributed by atoms with Gasteiger partial charge in [0.25, 0.3) is 0 Å². The molecule has 1 aliphatic rings. The molecule has 0 aliphatic heterocycles. The molecule has 100 valence electrons. The Balaban J connectivity index is 2.45. The zero-order valence-corrected chi connectivity index (χ0v) is 11.5. The SMILES string of the molecule is CC(C)S(=O)(=O)CCC(=O)C1CCCC(N)C1. The Bertz CT molecular complexity index is 362. The van der Waals surface area contributed by atoms with Crippen molar-refractivity contribution < 1.29 is 13.2 Å². The van der Waals surface area contributed by atoms with Gasteiger partial charge in [-0.15, -0.1) is 0 Å². The maximum absolute atomic E-state index is 11.9. The van der Waals surface area contributed by atoms with Crippen LogP contribution in [0.4, 0.5) is 0 Å². The number of rotatable bonds is 5. The highest BCUT2D eigenvalue weighted by Crippen LogP contribution is 2.25. The minimum atomic E-state index is -3.10. The Kier molecular flexibility index (Phi) is 5.13. The number of carbonyl (C=O) groups excluding carboxylic acids is 1. The van der Waals surface area contributed by atoms with E-state index >= 15 is 0 Å². The van der Waals surface area contributed by atoms with E-state index in [0.29, 0.717) is 0 Å². The van der Waals surface area contributed by atoms with Gasteiger partial charge in [0.15, 0.2) is 9.84 Å². The smallest absolute Gasteiger partial charge is 0.153 e. The minimum absolute atomic E-state index is 0.0129. The summed E-state index contributed by atoms with van der Waals surface area (Å²) in [6, 6.07) is 0.111. The maximum Gasteiger partial charge on any atom is 0.153 e. The Hall–Kier alpha value is -0.420. The van der Waals surface area contributed by atoms with Gasteiger partial charge in [0.05, 0.1) is 11.0 Å². The summed E-state index contributed by atoms with van der Waals surface area (Å²) in [6.07, 6.45) is 3.70. The lowest BCUT2D eigenvalue weighted by molar-refractivity contribution is -0.123. The molecule has 0 saturated heterocycles. The second-order valence-corrected chi connectivity index (χ2v) is 7.93. The van der Waals surface area contributed by atoms with Crippen LogP contribution in [0.5, 0.6) is 0 Å². The van der Waals surface area contributed by atoms with Gasteiger partial charge in [-0.05, 0) is 33.1 Å². The van der Waals surface area contributed by atoms with Crippen LogP contribution in [-0.4, -0.2) is 31.2 Å². The lowest BCUT2D eigenvalue weighted by atomic mass is 9.83. The molecule has 1 fully saturated rings. The Labute approximate surface area is 104 Å². The number of Topliss-reactive ketones (excluding diaryl/α,β-unsaturated/α-hetero) is 1. The third-order valence-corrected chi connectivity index (χ3v) is 5.73. The first kappa shape index (κ1) is 14.6. The van der Waals surface area contributed by atoms with Gasteiger partial charge in [0.1, 0.15) is 5.78 Å². The summed E-state index contributed by atoms with van der Waals surface area (Å²) < 4.78 is 23.2. The summed E-state index contributed by atoms with van der Waals surface area (Å²) in [5, 5.41) is -0.399. The molecule has 1 rings (SSSR count). The zero-order valence-electron chi connectivity index (χ0n) is 10.7. The molecule has 0 bridgehead atoms. The largest absolute Gasteiger partial charge is 0.328 e. The third-order valence-electron chi connectivity index (χ3n) is 3.52. The summed E-state index contributed by atoms with van der Waals surface area (Å²) in [5.74, 6) is 0.0420. The molecule has 2 atom stereocenters. The lowest BCUT2D eigenvalue weighted by Crippen LogP contribution is -2.32. The van der Waals surface area contributed by atoms with Crippen molar-refractivity contribution in [2.75, 3.05) is 5.75 Å². The van der Waals surface area contributed by atoms with E-state index in [4.69, 9.17) is 5.73 Å². The molecule has 2 unspecified atom stereocenters. The topological polar surface area (TPSA) is 77.2 Å². The van der Waals surface area contributed by atoms with E-state index in [-0.39, 0.29) is 29.9 Å². The molecular weight excluding hydrogens is 238 g/mol. The van der Waals surface area contributed by atoms with Crippen molar-refractivity contribution in [1.82, 2.24) is 0 Å². The molecule has 0 aromatic heterocycles. The number of ketones is 1. The predicted molar refractivity (Wildman–Crippen MR) is 68.5 cm³/mol. The minimum Gasteiger partial charge on any atom is -0.328 e. The number of sulfone groups is 1. The van der Waals surface area contributed by atoms with Crippen LogP contribution in [0.2, 0.25) is 0 Å². The van der Waals surface area contributed by atoms with Crippen LogP contribution in [0.3, 0.4) is 0 Å². The molecule has 1 saturated carbocycles. The summed E-state index contributed by atoms with van der Waals surface area (Å²) in [7, 11) is -3.10. The van der Waals surface area contributed by atoms with Crippen molar-refractivity contribution in [3.8, 4) is 0 Å². The van der Waals surface area contributed by atoms with Crippen LogP contribution >= 0.6 is 0 Å². The summed E-state index contributed by atoms with van der Waals surface area (Å²) >= 11 is 0. The highest BCUT2D eigenvalue weighted by molar-refractivity contribution is 7.91. The number of hydrogen-bond donors (Lipinski definition) is 1. The fraction of sp³-hybridized carbons (Fsp3) is 0.917. The summed E-state index contributed by atoms with van der Waals surface area (Å²) in [4.78, 5) is 11.9. The lowest BCUT2D eigenvalue weighted by Gasteiger charge is -2.25. The second kappa shape index (κ2) is 5.96.